The van der Waals surface area contributed by atoms with E-state index in [0.717, 1.165) is 0 Å². The smallest absolute Gasteiger partial charge is 0.317 e. The van der Waals surface area contributed by atoms with Crippen molar-refractivity contribution in [1.82, 2.24) is 14.8 Å². The van der Waals surface area contributed by atoms with Crippen LogP contribution in [0.5, 0.6) is 5.75 Å². The first-order chi connectivity index (χ1) is 13.4. The SMILES string of the molecule is COc1c(C(N)=O)c(CC(=O)N2CCN(CC(=O)O)CC2)nc2ccccc12. The first kappa shape index (κ1) is 19.6. The number of piperazine rings is 1. The van der Waals surface area contributed by atoms with Gasteiger partial charge in [-0.05, 0) is 12.1 Å². The summed E-state index contributed by atoms with van der Waals surface area (Å²) in [5, 5.41) is 9.52. The number of primary amides is 1. The summed E-state index contributed by atoms with van der Waals surface area (Å²) in [7, 11) is 1.45. The molecule has 0 aliphatic carbocycles. The first-order valence-corrected chi connectivity index (χ1v) is 8.88. The fourth-order valence-electron chi connectivity index (χ4n) is 3.43. The molecule has 148 valence electrons. The normalized spacial score (nSPS) is 14.8. The van der Waals surface area contributed by atoms with E-state index in [2.05, 4.69) is 4.98 Å². The van der Waals surface area contributed by atoms with Gasteiger partial charge in [0.05, 0.1) is 31.3 Å². The molecule has 1 aromatic heterocycles. The minimum absolute atomic E-state index is 0.0444. The third-order valence-electron chi connectivity index (χ3n) is 4.77. The molecule has 0 saturated carbocycles. The van der Waals surface area contributed by atoms with Crippen molar-refractivity contribution in [3.63, 3.8) is 0 Å². The molecule has 0 unspecified atom stereocenters. The van der Waals surface area contributed by atoms with E-state index in [-0.39, 0.29) is 30.1 Å². The van der Waals surface area contributed by atoms with Crippen molar-refractivity contribution in [1.29, 1.82) is 0 Å². The average molecular weight is 386 g/mol. The lowest BCUT2D eigenvalue weighted by Gasteiger charge is -2.33. The summed E-state index contributed by atoms with van der Waals surface area (Å²) < 4.78 is 5.41. The highest BCUT2D eigenvalue weighted by molar-refractivity contribution is 6.03. The summed E-state index contributed by atoms with van der Waals surface area (Å²) >= 11 is 0. The second-order valence-electron chi connectivity index (χ2n) is 6.58. The summed E-state index contributed by atoms with van der Waals surface area (Å²) in [5.74, 6) is -1.47. The minimum atomic E-state index is -0.890. The number of rotatable bonds is 6. The number of carbonyl (C=O) groups excluding carboxylic acids is 2. The molecular weight excluding hydrogens is 364 g/mol. The zero-order valence-electron chi connectivity index (χ0n) is 15.6. The van der Waals surface area contributed by atoms with E-state index in [4.69, 9.17) is 15.6 Å². The third-order valence-corrected chi connectivity index (χ3v) is 4.77. The summed E-state index contributed by atoms with van der Waals surface area (Å²) in [4.78, 5) is 43.5. The molecule has 1 aliphatic heterocycles. The van der Waals surface area contributed by atoms with Gasteiger partial charge in [0, 0.05) is 31.6 Å². The lowest BCUT2D eigenvalue weighted by Crippen LogP contribution is -2.50. The largest absolute Gasteiger partial charge is 0.495 e. The standard InChI is InChI=1S/C19H22N4O5/c1-28-18-12-4-2-3-5-13(12)21-14(17(18)19(20)27)10-15(24)23-8-6-22(7-9-23)11-16(25)26/h2-5H,6-11H2,1H3,(H2,20,27)(H,25,26). The second kappa shape index (κ2) is 8.22. The van der Waals surface area contributed by atoms with E-state index in [0.29, 0.717) is 42.8 Å². The molecule has 0 radical (unpaired) electrons. The van der Waals surface area contributed by atoms with Crippen molar-refractivity contribution >= 4 is 28.7 Å². The molecular formula is C19H22N4O5. The molecule has 1 aliphatic rings. The van der Waals surface area contributed by atoms with Gasteiger partial charge < -0.3 is 20.5 Å². The number of aliphatic carboxylic acids is 1. The number of nitrogens with two attached hydrogens (primary N) is 1. The van der Waals surface area contributed by atoms with Crippen molar-refractivity contribution in [2.24, 2.45) is 5.73 Å². The Morgan fingerprint density at radius 1 is 1.18 bits per heavy atom. The van der Waals surface area contributed by atoms with Crippen molar-refractivity contribution in [3.05, 3.63) is 35.5 Å². The first-order valence-electron chi connectivity index (χ1n) is 8.88. The number of ether oxygens (including phenoxy) is 1. The fraction of sp³-hybridized carbons (Fsp3) is 0.368. The lowest BCUT2D eigenvalue weighted by molar-refractivity contribution is -0.139. The number of amides is 2. The predicted molar refractivity (Wildman–Crippen MR) is 101 cm³/mol. The molecule has 3 rings (SSSR count). The molecule has 3 N–H and O–H groups in total. The van der Waals surface area contributed by atoms with Crippen LogP contribution in [-0.2, 0) is 16.0 Å². The number of carbonyl (C=O) groups is 3. The van der Waals surface area contributed by atoms with Crippen LogP contribution in [0, 0.1) is 0 Å². The number of carboxylic acid groups (broad SMARTS) is 1. The van der Waals surface area contributed by atoms with E-state index in [1.54, 1.807) is 28.0 Å². The van der Waals surface area contributed by atoms with Crippen molar-refractivity contribution in [2.75, 3.05) is 39.8 Å². The number of aromatic nitrogens is 1. The molecule has 2 aromatic rings. The maximum Gasteiger partial charge on any atom is 0.317 e. The van der Waals surface area contributed by atoms with Crippen LogP contribution in [0.25, 0.3) is 10.9 Å². The maximum absolute atomic E-state index is 12.8. The number of fused-ring (bicyclic) bond motifs is 1. The van der Waals surface area contributed by atoms with Gasteiger partial charge in [0.1, 0.15) is 11.3 Å². The summed E-state index contributed by atoms with van der Waals surface area (Å²) in [6, 6.07) is 7.17. The molecule has 1 aromatic carbocycles. The van der Waals surface area contributed by atoms with Gasteiger partial charge >= 0.3 is 5.97 Å². The molecule has 0 atom stereocenters. The zero-order valence-corrected chi connectivity index (χ0v) is 15.6. The maximum atomic E-state index is 12.8. The van der Waals surface area contributed by atoms with E-state index in [1.165, 1.54) is 7.11 Å². The number of benzene rings is 1. The lowest BCUT2D eigenvalue weighted by atomic mass is 10.0. The van der Waals surface area contributed by atoms with Crippen LogP contribution in [0.3, 0.4) is 0 Å². The predicted octanol–water partition coefficient (Wildman–Crippen LogP) is 0.114. The van der Waals surface area contributed by atoms with Gasteiger partial charge in [-0.25, -0.2) is 0 Å². The molecule has 9 nitrogen and oxygen atoms in total. The highest BCUT2D eigenvalue weighted by Gasteiger charge is 2.26. The average Bonchev–Trinajstić information content (AvgIpc) is 2.66. The number of pyridine rings is 1. The monoisotopic (exact) mass is 386 g/mol. The number of para-hydroxylation sites is 1. The highest BCUT2D eigenvalue weighted by Crippen LogP contribution is 2.31. The van der Waals surface area contributed by atoms with Crippen LogP contribution in [-0.4, -0.2) is 77.5 Å². The summed E-state index contributed by atoms with van der Waals surface area (Å²) in [6.45, 7) is 1.76. The van der Waals surface area contributed by atoms with E-state index in [1.807, 2.05) is 6.07 Å². The molecule has 2 heterocycles. The van der Waals surface area contributed by atoms with E-state index >= 15 is 0 Å². The Balaban J connectivity index is 1.84. The Morgan fingerprint density at radius 3 is 2.46 bits per heavy atom. The Labute approximate surface area is 161 Å². The van der Waals surface area contributed by atoms with E-state index in [9.17, 15) is 14.4 Å². The molecule has 9 heteroatoms. The number of methoxy groups -OCH3 is 1. The number of hydrogen-bond acceptors (Lipinski definition) is 6. The second-order valence-corrected chi connectivity index (χ2v) is 6.58. The highest BCUT2D eigenvalue weighted by atomic mass is 16.5. The summed E-state index contributed by atoms with van der Waals surface area (Å²) in [5.41, 5.74) is 6.55. The minimum Gasteiger partial charge on any atom is -0.495 e. The Kier molecular flexibility index (Phi) is 5.74. The molecule has 2 amide bonds. The summed E-state index contributed by atoms with van der Waals surface area (Å²) in [6.07, 6.45) is -0.0849. The van der Waals surface area contributed by atoms with Crippen molar-refractivity contribution < 1.29 is 24.2 Å². The van der Waals surface area contributed by atoms with Crippen LogP contribution >= 0.6 is 0 Å². The zero-order chi connectivity index (χ0) is 20.3. The Bertz CT molecular complexity index is 922. The van der Waals surface area contributed by atoms with Gasteiger partial charge in [-0.15, -0.1) is 0 Å². The van der Waals surface area contributed by atoms with Gasteiger partial charge in [0.15, 0.2) is 0 Å². The van der Waals surface area contributed by atoms with Crippen molar-refractivity contribution in [3.8, 4) is 5.75 Å². The third kappa shape index (κ3) is 4.04. The molecule has 28 heavy (non-hydrogen) atoms. The number of carboxylic acids is 1. The van der Waals surface area contributed by atoms with Crippen molar-refractivity contribution in [2.45, 2.75) is 6.42 Å². The Morgan fingerprint density at radius 2 is 1.86 bits per heavy atom. The van der Waals surface area contributed by atoms with Crippen LogP contribution in [0.2, 0.25) is 0 Å². The van der Waals surface area contributed by atoms with Crippen LogP contribution < -0.4 is 10.5 Å². The molecule has 1 saturated heterocycles. The van der Waals surface area contributed by atoms with Gasteiger partial charge in [-0.2, -0.15) is 0 Å². The van der Waals surface area contributed by atoms with Gasteiger partial charge in [-0.1, -0.05) is 12.1 Å². The molecule has 1 fully saturated rings. The number of hydrogen-bond donors (Lipinski definition) is 2. The van der Waals surface area contributed by atoms with Crippen LogP contribution in [0.4, 0.5) is 0 Å². The number of nitrogens with zero attached hydrogens (tertiary/aromatic N) is 3. The van der Waals surface area contributed by atoms with Gasteiger partial charge in [0.2, 0.25) is 5.91 Å². The van der Waals surface area contributed by atoms with Crippen LogP contribution in [0.1, 0.15) is 16.1 Å². The fourth-order valence-corrected chi connectivity index (χ4v) is 3.43. The van der Waals surface area contributed by atoms with E-state index < -0.39 is 11.9 Å². The van der Waals surface area contributed by atoms with Gasteiger partial charge in [0.25, 0.3) is 5.91 Å². The van der Waals surface area contributed by atoms with Crippen LogP contribution in [0.15, 0.2) is 24.3 Å². The van der Waals surface area contributed by atoms with Gasteiger partial charge in [-0.3, -0.25) is 24.3 Å². The topological polar surface area (TPSA) is 126 Å². The molecule has 0 spiro atoms. The quantitative estimate of drug-likeness (QED) is 0.722. The molecule has 0 bridgehead atoms. The Hall–Kier alpha value is -3.20.